The molecule has 0 unspecified atom stereocenters. The van der Waals surface area contributed by atoms with Crippen LogP contribution in [0.1, 0.15) is 0 Å². The van der Waals surface area contributed by atoms with E-state index in [2.05, 4.69) is 25.6 Å². The summed E-state index contributed by atoms with van der Waals surface area (Å²) in [6.45, 7) is 0. The quantitative estimate of drug-likeness (QED) is 0.660. The Morgan fingerprint density at radius 2 is 2.24 bits per heavy atom. The highest BCUT2D eigenvalue weighted by molar-refractivity contribution is 6.30. The van der Waals surface area contributed by atoms with Gasteiger partial charge in [0.05, 0.1) is 10.6 Å². The van der Waals surface area contributed by atoms with E-state index in [9.17, 15) is 0 Å². The summed E-state index contributed by atoms with van der Waals surface area (Å²) in [5.41, 5.74) is 1.32. The summed E-state index contributed by atoms with van der Waals surface area (Å²) in [5.74, 6) is 0.330. The van der Waals surface area contributed by atoms with Crippen LogP contribution >= 0.6 is 11.6 Å². The third-order valence-electron chi connectivity index (χ3n) is 2.30. The molecule has 0 spiro atoms. The summed E-state index contributed by atoms with van der Waals surface area (Å²) in [5, 5.41) is 22.0. The smallest absolute Gasteiger partial charge is 0.209 e. The van der Waals surface area contributed by atoms with Crippen molar-refractivity contribution in [1.82, 2.24) is 30.0 Å². The average Bonchev–Trinajstić information content (AvgIpc) is 2.84. The van der Waals surface area contributed by atoms with Crippen LogP contribution in [0.3, 0.4) is 0 Å². The Labute approximate surface area is 99.6 Å². The van der Waals surface area contributed by atoms with Crippen molar-refractivity contribution in [2.45, 2.75) is 0 Å². The Morgan fingerprint density at radius 3 is 3.00 bits per heavy atom. The molecule has 84 valence electrons. The van der Waals surface area contributed by atoms with Gasteiger partial charge in [-0.15, -0.1) is 10.2 Å². The van der Waals surface area contributed by atoms with Gasteiger partial charge in [0.1, 0.15) is 11.1 Å². The number of nitrogens with zero attached hydrogens (tertiary/aromatic N) is 5. The number of fused-ring (bicyclic) bond motifs is 1. The van der Waals surface area contributed by atoms with E-state index < -0.39 is 0 Å². The molecule has 0 atom stereocenters. The zero-order valence-corrected chi connectivity index (χ0v) is 9.18. The molecule has 0 saturated heterocycles. The minimum absolute atomic E-state index is 0.207. The van der Waals surface area contributed by atoms with Gasteiger partial charge < -0.3 is 0 Å². The number of hydrogen-bond acceptors (Lipinski definition) is 5. The van der Waals surface area contributed by atoms with Crippen molar-refractivity contribution in [1.29, 1.82) is 5.41 Å². The largest absolute Gasteiger partial charge is 0.284 e. The molecule has 3 rings (SSSR count). The van der Waals surface area contributed by atoms with Crippen molar-refractivity contribution >= 4 is 17.2 Å². The van der Waals surface area contributed by atoms with E-state index in [1.807, 2.05) is 0 Å². The Kier molecular flexibility index (Phi) is 2.12. The van der Waals surface area contributed by atoms with Crippen LogP contribution in [0, 0.1) is 5.41 Å². The molecule has 17 heavy (non-hydrogen) atoms. The van der Waals surface area contributed by atoms with Crippen LogP contribution in [-0.2, 0) is 0 Å². The maximum absolute atomic E-state index is 8.06. The molecular weight excluding hydrogens is 242 g/mol. The third-order valence-corrected chi connectivity index (χ3v) is 2.52. The summed E-state index contributed by atoms with van der Waals surface area (Å²) >= 11 is 5.89. The van der Waals surface area contributed by atoms with E-state index in [-0.39, 0.29) is 5.49 Å². The van der Waals surface area contributed by atoms with Gasteiger partial charge in [-0.25, -0.2) is 4.98 Å². The van der Waals surface area contributed by atoms with Crippen LogP contribution in [0.5, 0.6) is 0 Å². The fraction of sp³-hybridized carbons (Fsp3) is 0. The molecule has 3 heterocycles. The third kappa shape index (κ3) is 1.56. The van der Waals surface area contributed by atoms with Crippen LogP contribution in [0.15, 0.2) is 24.5 Å². The van der Waals surface area contributed by atoms with Gasteiger partial charge in [0.25, 0.3) is 0 Å². The second-order valence-corrected chi connectivity index (χ2v) is 3.77. The van der Waals surface area contributed by atoms with E-state index in [4.69, 9.17) is 17.0 Å². The first kappa shape index (κ1) is 9.91. The average molecular weight is 248 g/mol. The molecule has 7 nitrogen and oxygen atoms in total. The summed E-state index contributed by atoms with van der Waals surface area (Å²) < 4.78 is 1.56. The Morgan fingerprint density at radius 1 is 1.35 bits per heavy atom. The molecule has 0 saturated carbocycles. The van der Waals surface area contributed by atoms with Gasteiger partial charge in [-0.2, -0.15) is 5.21 Å². The molecule has 2 N–H and O–H groups in total. The zero-order chi connectivity index (χ0) is 11.8. The van der Waals surface area contributed by atoms with E-state index in [0.29, 0.717) is 22.1 Å². The summed E-state index contributed by atoms with van der Waals surface area (Å²) in [7, 11) is 0. The highest BCUT2D eigenvalue weighted by atomic mass is 35.5. The number of aromatic nitrogens is 6. The number of halogens is 1. The normalized spacial score (nSPS) is 10.9. The molecule has 0 aliphatic rings. The number of H-pyrrole nitrogens is 1. The van der Waals surface area contributed by atoms with E-state index in [1.165, 1.54) is 6.20 Å². The van der Waals surface area contributed by atoms with Crippen LogP contribution in [0.4, 0.5) is 0 Å². The number of tetrazole rings is 1. The maximum Gasteiger partial charge on any atom is 0.209 e. The van der Waals surface area contributed by atoms with Crippen molar-refractivity contribution in [2.24, 2.45) is 0 Å². The van der Waals surface area contributed by atoms with Crippen LogP contribution < -0.4 is 5.49 Å². The maximum atomic E-state index is 8.06. The molecule has 3 aromatic rings. The standard InChI is InChI=1S/C9H6ClN7/c10-5-1-2-7-12-3-6(8(11)17(7)4-5)9-13-15-16-14-9/h1-4,11H,(H,13,14,15,16). The van der Waals surface area contributed by atoms with Crippen LogP contribution in [0.2, 0.25) is 5.02 Å². The first-order chi connectivity index (χ1) is 8.25. The van der Waals surface area contributed by atoms with Gasteiger partial charge in [0, 0.05) is 12.4 Å². The van der Waals surface area contributed by atoms with Crippen molar-refractivity contribution in [3.05, 3.63) is 35.0 Å². The van der Waals surface area contributed by atoms with Gasteiger partial charge in [-0.05, 0) is 17.3 Å². The molecular formula is C9H6ClN7. The highest BCUT2D eigenvalue weighted by Gasteiger charge is 2.08. The molecule has 0 amide bonds. The topological polar surface area (TPSA) is 95.6 Å². The van der Waals surface area contributed by atoms with E-state index in [1.54, 1.807) is 22.7 Å². The van der Waals surface area contributed by atoms with Crippen molar-refractivity contribution in [3.63, 3.8) is 0 Å². The molecule has 3 aromatic heterocycles. The van der Waals surface area contributed by atoms with E-state index in [0.717, 1.165) is 0 Å². The molecule has 0 aliphatic carbocycles. The van der Waals surface area contributed by atoms with E-state index >= 15 is 0 Å². The molecule has 0 radical (unpaired) electrons. The minimum Gasteiger partial charge on any atom is -0.284 e. The molecule has 0 aromatic carbocycles. The van der Waals surface area contributed by atoms with Crippen molar-refractivity contribution < 1.29 is 0 Å². The molecule has 0 bridgehead atoms. The minimum atomic E-state index is 0.207. The summed E-state index contributed by atoms with van der Waals surface area (Å²) in [4.78, 5) is 4.20. The summed E-state index contributed by atoms with van der Waals surface area (Å²) in [6.07, 6.45) is 3.16. The lowest BCUT2D eigenvalue weighted by Crippen LogP contribution is -2.17. The van der Waals surface area contributed by atoms with Gasteiger partial charge in [0.2, 0.25) is 5.82 Å². The second-order valence-electron chi connectivity index (χ2n) is 3.33. The molecule has 0 aliphatic heterocycles. The Hall–Kier alpha value is -2.28. The fourth-order valence-electron chi connectivity index (χ4n) is 1.51. The van der Waals surface area contributed by atoms with Crippen molar-refractivity contribution in [3.8, 4) is 11.4 Å². The first-order valence-electron chi connectivity index (χ1n) is 4.71. The lowest BCUT2D eigenvalue weighted by atomic mass is 10.3. The van der Waals surface area contributed by atoms with Gasteiger partial charge in [-0.1, -0.05) is 11.6 Å². The van der Waals surface area contributed by atoms with Gasteiger partial charge in [0.15, 0.2) is 0 Å². The predicted molar refractivity (Wildman–Crippen MR) is 59.2 cm³/mol. The number of aromatic amines is 1. The Bertz CT molecular complexity index is 731. The number of nitrogens with one attached hydrogen (secondary N) is 2. The predicted octanol–water partition coefficient (Wildman–Crippen LogP) is 0.647. The fourth-order valence-corrected chi connectivity index (χ4v) is 1.67. The lowest BCUT2D eigenvalue weighted by Gasteiger charge is -2.03. The van der Waals surface area contributed by atoms with Crippen molar-refractivity contribution in [2.75, 3.05) is 0 Å². The van der Waals surface area contributed by atoms with Gasteiger partial charge in [-0.3, -0.25) is 9.81 Å². The first-order valence-corrected chi connectivity index (χ1v) is 5.09. The number of rotatable bonds is 1. The number of pyridine rings is 1. The Balaban J connectivity index is 2.36. The molecule has 8 heteroatoms. The lowest BCUT2D eigenvalue weighted by molar-refractivity contribution is 0.881. The zero-order valence-electron chi connectivity index (χ0n) is 8.42. The van der Waals surface area contributed by atoms with Crippen LogP contribution in [0.25, 0.3) is 17.0 Å². The summed E-state index contributed by atoms with van der Waals surface area (Å²) in [6, 6.07) is 3.46. The second kappa shape index (κ2) is 3.63. The monoisotopic (exact) mass is 247 g/mol. The van der Waals surface area contributed by atoms with Gasteiger partial charge >= 0.3 is 0 Å². The SMILES string of the molecule is N=c1c(-c2nn[nH]n2)cnc2ccc(Cl)cn12. The number of hydrogen-bond donors (Lipinski definition) is 2. The van der Waals surface area contributed by atoms with Crippen LogP contribution in [-0.4, -0.2) is 30.0 Å². The molecule has 0 fully saturated rings. The highest BCUT2D eigenvalue weighted by Crippen LogP contribution is 2.10.